The number of hydrogen-bond acceptors (Lipinski definition) is 1. The standard InChI is InChI=1S/C26H19N/c1-2-21-10-9-11-23(20-21)22-16-18-26(19-17-22)27(24-12-5-3-6-13-24)25-14-7-4-8-15-25/h1,3-20H. The lowest BCUT2D eigenvalue weighted by Crippen LogP contribution is -2.09. The molecule has 0 aliphatic carbocycles. The Hall–Kier alpha value is -3.76. The van der Waals surface area contributed by atoms with E-state index >= 15 is 0 Å². The van der Waals surface area contributed by atoms with Gasteiger partial charge in [0.05, 0.1) is 0 Å². The van der Waals surface area contributed by atoms with Crippen LogP contribution in [0.5, 0.6) is 0 Å². The predicted molar refractivity (Wildman–Crippen MR) is 114 cm³/mol. The normalized spacial score (nSPS) is 10.2. The topological polar surface area (TPSA) is 3.24 Å². The summed E-state index contributed by atoms with van der Waals surface area (Å²) in [5, 5.41) is 0. The highest BCUT2D eigenvalue weighted by Crippen LogP contribution is 2.35. The number of benzene rings is 4. The zero-order chi connectivity index (χ0) is 18.5. The summed E-state index contributed by atoms with van der Waals surface area (Å²) < 4.78 is 0. The molecule has 0 atom stereocenters. The van der Waals surface area contributed by atoms with E-state index in [1.807, 2.05) is 30.3 Å². The van der Waals surface area contributed by atoms with Crippen LogP contribution < -0.4 is 4.90 Å². The molecule has 0 saturated carbocycles. The summed E-state index contributed by atoms with van der Waals surface area (Å²) in [6, 6.07) is 37.5. The van der Waals surface area contributed by atoms with Gasteiger partial charge in [-0.2, -0.15) is 0 Å². The van der Waals surface area contributed by atoms with Crippen LogP contribution in [0.25, 0.3) is 11.1 Å². The molecular weight excluding hydrogens is 326 g/mol. The van der Waals surface area contributed by atoms with E-state index in [2.05, 4.69) is 89.7 Å². The van der Waals surface area contributed by atoms with Gasteiger partial charge in [-0.1, -0.05) is 66.6 Å². The molecule has 4 aromatic rings. The molecule has 0 aromatic heterocycles. The Balaban J connectivity index is 1.74. The smallest absolute Gasteiger partial charge is 0.0462 e. The minimum atomic E-state index is 0.895. The first-order chi connectivity index (χ1) is 13.3. The second kappa shape index (κ2) is 7.64. The Bertz CT molecular complexity index is 1020. The maximum atomic E-state index is 5.53. The zero-order valence-electron chi connectivity index (χ0n) is 14.9. The van der Waals surface area contributed by atoms with Gasteiger partial charge in [0.15, 0.2) is 0 Å². The van der Waals surface area contributed by atoms with Crippen LogP contribution in [0, 0.1) is 12.3 Å². The Morgan fingerprint density at radius 3 is 1.63 bits per heavy atom. The van der Waals surface area contributed by atoms with Crippen molar-refractivity contribution in [3.8, 4) is 23.5 Å². The van der Waals surface area contributed by atoms with Gasteiger partial charge < -0.3 is 4.90 Å². The van der Waals surface area contributed by atoms with E-state index in [9.17, 15) is 0 Å². The van der Waals surface area contributed by atoms with E-state index in [1.165, 1.54) is 0 Å². The first kappa shape index (κ1) is 16.7. The van der Waals surface area contributed by atoms with E-state index < -0.39 is 0 Å². The summed E-state index contributed by atoms with van der Waals surface area (Å²) in [6.45, 7) is 0. The summed E-state index contributed by atoms with van der Waals surface area (Å²) in [7, 11) is 0. The van der Waals surface area contributed by atoms with Crippen molar-refractivity contribution in [3.05, 3.63) is 115 Å². The number of hydrogen-bond donors (Lipinski definition) is 0. The van der Waals surface area contributed by atoms with Gasteiger partial charge in [0.1, 0.15) is 0 Å². The molecule has 1 nitrogen and oxygen atoms in total. The molecule has 0 radical (unpaired) electrons. The van der Waals surface area contributed by atoms with Crippen molar-refractivity contribution in [1.29, 1.82) is 0 Å². The molecule has 1 heteroatoms. The van der Waals surface area contributed by atoms with E-state index in [0.717, 1.165) is 33.8 Å². The highest BCUT2D eigenvalue weighted by Gasteiger charge is 2.11. The van der Waals surface area contributed by atoms with Gasteiger partial charge in [-0.3, -0.25) is 0 Å². The van der Waals surface area contributed by atoms with Crippen molar-refractivity contribution < 1.29 is 0 Å². The SMILES string of the molecule is C#Cc1cccc(-c2ccc(N(c3ccccc3)c3ccccc3)cc2)c1. The predicted octanol–water partition coefficient (Wildman–Crippen LogP) is 6.80. The third kappa shape index (κ3) is 3.61. The number of terminal acetylenes is 1. The highest BCUT2D eigenvalue weighted by atomic mass is 15.1. The summed E-state index contributed by atoms with van der Waals surface area (Å²) in [5.41, 5.74) is 6.55. The van der Waals surface area contributed by atoms with Crippen LogP contribution in [0.2, 0.25) is 0 Å². The van der Waals surface area contributed by atoms with E-state index in [0.29, 0.717) is 0 Å². The van der Waals surface area contributed by atoms with E-state index in [-0.39, 0.29) is 0 Å². The second-order valence-electron chi connectivity index (χ2n) is 6.28. The molecule has 0 aliphatic heterocycles. The van der Waals surface area contributed by atoms with Crippen LogP contribution in [0.3, 0.4) is 0 Å². The quantitative estimate of drug-likeness (QED) is 0.367. The molecule has 0 N–H and O–H groups in total. The molecule has 0 bridgehead atoms. The fraction of sp³-hybridized carbons (Fsp3) is 0. The van der Waals surface area contributed by atoms with Crippen molar-refractivity contribution in [3.63, 3.8) is 0 Å². The van der Waals surface area contributed by atoms with Crippen LogP contribution >= 0.6 is 0 Å². The molecule has 27 heavy (non-hydrogen) atoms. The van der Waals surface area contributed by atoms with Gasteiger partial charge in [-0.15, -0.1) is 6.42 Å². The molecule has 0 saturated heterocycles. The van der Waals surface area contributed by atoms with Crippen molar-refractivity contribution in [2.24, 2.45) is 0 Å². The molecule has 0 unspecified atom stereocenters. The lowest BCUT2D eigenvalue weighted by atomic mass is 10.0. The number of rotatable bonds is 4. The summed E-state index contributed by atoms with van der Waals surface area (Å²) in [5.74, 6) is 2.70. The lowest BCUT2D eigenvalue weighted by Gasteiger charge is -2.25. The molecule has 0 spiro atoms. The van der Waals surface area contributed by atoms with Crippen LogP contribution in [-0.2, 0) is 0 Å². The molecule has 0 aliphatic rings. The molecule has 128 valence electrons. The van der Waals surface area contributed by atoms with Crippen molar-refractivity contribution in [2.75, 3.05) is 4.90 Å². The third-order valence-corrected chi connectivity index (χ3v) is 4.52. The Kier molecular flexibility index (Phi) is 4.72. The first-order valence-corrected chi connectivity index (χ1v) is 8.92. The fourth-order valence-electron chi connectivity index (χ4n) is 3.19. The Morgan fingerprint density at radius 2 is 1.07 bits per heavy atom. The third-order valence-electron chi connectivity index (χ3n) is 4.52. The van der Waals surface area contributed by atoms with Gasteiger partial charge in [0.2, 0.25) is 0 Å². The van der Waals surface area contributed by atoms with Crippen LogP contribution in [-0.4, -0.2) is 0 Å². The molecule has 0 amide bonds. The number of nitrogens with zero attached hydrogens (tertiary/aromatic N) is 1. The lowest BCUT2D eigenvalue weighted by molar-refractivity contribution is 1.28. The maximum Gasteiger partial charge on any atom is 0.0462 e. The minimum absolute atomic E-state index is 0.895. The molecule has 0 fully saturated rings. The summed E-state index contributed by atoms with van der Waals surface area (Å²) in [6.07, 6.45) is 5.53. The van der Waals surface area contributed by atoms with Crippen LogP contribution in [0.1, 0.15) is 5.56 Å². The van der Waals surface area contributed by atoms with Gasteiger partial charge >= 0.3 is 0 Å². The van der Waals surface area contributed by atoms with Gasteiger partial charge in [-0.05, 0) is 59.7 Å². The molecule has 4 rings (SSSR count). The van der Waals surface area contributed by atoms with E-state index in [1.54, 1.807) is 0 Å². The maximum absolute atomic E-state index is 5.53. The highest BCUT2D eigenvalue weighted by molar-refractivity contribution is 5.78. The zero-order valence-corrected chi connectivity index (χ0v) is 14.9. The van der Waals surface area contributed by atoms with Crippen molar-refractivity contribution >= 4 is 17.1 Å². The van der Waals surface area contributed by atoms with E-state index in [4.69, 9.17) is 6.42 Å². The number of anilines is 3. The Morgan fingerprint density at radius 1 is 0.519 bits per heavy atom. The largest absolute Gasteiger partial charge is 0.311 e. The van der Waals surface area contributed by atoms with Crippen LogP contribution in [0.15, 0.2) is 109 Å². The number of para-hydroxylation sites is 2. The van der Waals surface area contributed by atoms with Crippen molar-refractivity contribution in [2.45, 2.75) is 0 Å². The monoisotopic (exact) mass is 345 g/mol. The average Bonchev–Trinajstić information content (AvgIpc) is 2.76. The van der Waals surface area contributed by atoms with Gasteiger partial charge in [0.25, 0.3) is 0 Å². The van der Waals surface area contributed by atoms with Gasteiger partial charge in [0, 0.05) is 22.6 Å². The Labute approximate surface area is 160 Å². The second-order valence-corrected chi connectivity index (χ2v) is 6.28. The molecule has 4 aromatic carbocycles. The van der Waals surface area contributed by atoms with Gasteiger partial charge in [-0.25, -0.2) is 0 Å². The summed E-state index contributed by atoms with van der Waals surface area (Å²) in [4.78, 5) is 2.25. The van der Waals surface area contributed by atoms with Crippen LogP contribution in [0.4, 0.5) is 17.1 Å². The fourth-order valence-corrected chi connectivity index (χ4v) is 3.19. The average molecular weight is 345 g/mol. The minimum Gasteiger partial charge on any atom is -0.311 e. The van der Waals surface area contributed by atoms with Crippen molar-refractivity contribution in [1.82, 2.24) is 0 Å². The first-order valence-electron chi connectivity index (χ1n) is 8.92. The summed E-state index contributed by atoms with van der Waals surface area (Å²) >= 11 is 0. The molecular formula is C26H19N. The molecule has 0 heterocycles.